The van der Waals surface area contributed by atoms with Crippen molar-refractivity contribution in [2.75, 3.05) is 32.7 Å². The number of nitrogens with zero attached hydrogens (tertiary/aromatic N) is 2. The highest BCUT2D eigenvalue weighted by Gasteiger charge is 2.24. The third-order valence-electron chi connectivity index (χ3n) is 4.29. The maximum absolute atomic E-state index is 13.2. The van der Waals surface area contributed by atoms with Gasteiger partial charge in [0.1, 0.15) is 5.82 Å². The van der Waals surface area contributed by atoms with Gasteiger partial charge in [-0.05, 0) is 44.6 Å². The Morgan fingerprint density at radius 2 is 2.19 bits per heavy atom. The van der Waals surface area contributed by atoms with Gasteiger partial charge in [0, 0.05) is 30.5 Å². The average molecular weight is 291 g/mol. The predicted octanol–water partition coefficient (Wildman–Crippen LogP) is 2.76. The normalized spacial score (nSPS) is 17.6. The van der Waals surface area contributed by atoms with Gasteiger partial charge in [0.2, 0.25) is 0 Å². The van der Waals surface area contributed by atoms with Crippen molar-refractivity contribution < 1.29 is 8.91 Å². The molecule has 1 aromatic heterocycles. The molecule has 0 bridgehead atoms. The summed E-state index contributed by atoms with van der Waals surface area (Å²) in [5, 5.41) is 8.51. The van der Waals surface area contributed by atoms with E-state index in [2.05, 4.69) is 22.3 Å². The fourth-order valence-electron chi connectivity index (χ4n) is 3.07. The minimum absolute atomic E-state index is 0.275. The molecule has 3 rings (SSSR count). The summed E-state index contributed by atoms with van der Waals surface area (Å²) in [4.78, 5) is 2.49. The van der Waals surface area contributed by atoms with Crippen LogP contribution in [0.25, 0.3) is 11.0 Å². The Labute approximate surface area is 124 Å². The van der Waals surface area contributed by atoms with Gasteiger partial charge >= 0.3 is 0 Å². The van der Waals surface area contributed by atoms with E-state index in [-0.39, 0.29) is 5.82 Å². The van der Waals surface area contributed by atoms with Crippen molar-refractivity contribution in [3.05, 3.63) is 29.7 Å². The minimum Gasteiger partial charge on any atom is -0.356 e. The molecule has 114 valence electrons. The van der Waals surface area contributed by atoms with Crippen molar-refractivity contribution in [2.45, 2.75) is 25.7 Å². The number of piperidine rings is 1. The Bertz CT molecular complexity index is 590. The van der Waals surface area contributed by atoms with E-state index < -0.39 is 0 Å². The van der Waals surface area contributed by atoms with E-state index in [0.717, 1.165) is 56.6 Å². The van der Waals surface area contributed by atoms with Gasteiger partial charge in [-0.25, -0.2) is 4.39 Å². The van der Waals surface area contributed by atoms with Crippen LogP contribution in [0.1, 0.15) is 31.4 Å². The quantitative estimate of drug-likeness (QED) is 0.860. The lowest BCUT2D eigenvalue weighted by Crippen LogP contribution is -2.37. The highest BCUT2D eigenvalue weighted by Crippen LogP contribution is 2.32. The van der Waals surface area contributed by atoms with Crippen molar-refractivity contribution in [2.24, 2.45) is 0 Å². The van der Waals surface area contributed by atoms with Gasteiger partial charge in [-0.3, -0.25) is 0 Å². The molecule has 1 aromatic carbocycles. The molecule has 0 radical (unpaired) electrons. The van der Waals surface area contributed by atoms with Crippen molar-refractivity contribution >= 4 is 11.0 Å². The van der Waals surface area contributed by atoms with E-state index in [9.17, 15) is 4.39 Å². The van der Waals surface area contributed by atoms with E-state index in [4.69, 9.17) is 4.52 Å². The zero-order chi connectivity index (χ0) is 14.7. The first kappa shape index (κ1) is 14.5. The average Bonchev–Trinajstić information content (AvgIpc) is 2.91. The summed E-state index contributed by atoms with van der Waals surface area (Å²) >= 11 is 0. The van der Waals surface area contributed by atoms with Gasteiger partial charge in [0.15, 0.2) is 5.58 Å². The van der Waals surface area contributed by atoms with Crippen molar-refractivity contribution in [3.8, 4) is 0 Å². The van der Waals surface area contributed by atoms with Gasteiger partial charge in [-0.1, -0.05) is 12.1 Å². The molecule has 1 aliphatic heterocycles. The number of hydrogen-bond donors (Lipinski definition) is 1. The Hall–Kier alpha value is -1.46. The van der Waals surface area contributed by atoms with Crippen molar-refractivity contribution in [1.29, 1.82) is 0 Å². The number of hydrogen-bond acceptors (Lipinski definition) is 4. The van der Waals surface area contributed by atoms with Crippen LogP contribution >= 0.6 is 0 Å². The largest absolute Gasteiger partial charge is 0.356 e. The summed E-state index contributed by atoms with van der Waals surface area (Å²) in [7, 11) is 0. The molecule has 2 heterocycles. The molecule has 0 amide bonds. The summed E-state index contributed by atoms with van der Waals surface area (Å²) in [6.45, 7) is 7.48. The third kappa shape index (κ3) is 3.24. The number of likely N-dealkylation sites (tertiary alicyclic amines) is 1. The molecule has 0 atom stereocenters. The maximum Gasteiger partial charge on any atom is 0.170 e. The van der Waals surface area contributed by atoms with Crippen LogP contribution < -0.4 is 5.32 Å². The SMILES string of the molecule is CCNCCN1CCC(c2noc3cc(F)ccc23)CC1. The van der Waals surface area contributed by atoms with E-state index in [1.165, 1.54) is 12.1 Å². The lowest BCUT2D eigenvalue weighted by atomic mass is 9.91. The topological polar surface area (TPSA) is 41.3 Å². The third-order valence-corrected chi connectivity index (χ3v) is 4.29. The molecule has 1 N–H and O–H groups in total. The number of fused-ring (bicyclic) bond motifs is 1. The molecule has 4 nitrogen and oxygen atoms in total. The van der Waals surface area contributed by atoms with Crippen LogP contribution in [0.4, 0.5) is 4.39 Å². The Morgan fingerprint density at radius 1 is 1.38 bits per heavy atom. The second-order valence-corrected chi connectivity index (χ2v) is 5.68. The first-order chi connectivity index (χ1) is 10.3. The Kier molecular flexibility index (Phi) is 4.51. The lowest BCUT2D eigenvalue weighted by molar-refractivity contribution is 0.210. The molecule has 21 heavy (non-hydrogen) atoms. The summed E-state index contributed by atoms with van der Waals surface area (Å²) in [5.74, 6) is 0.149. The standard InChI is InChI=1S/C16H22FN3O/c1-2-18-7-10-20-8-5-12(6-9-20)16-14-4-3-13(17)11-15(14)21-19-16/h3-4,11-12,18H,2,5-10H2,1H3. The summed E-state index contributed by atoms with van der Waals surface area (Å²) in [6.07, 6.45) is 2.18. The molecule has 0 saturated carbocycles. The van der Waals surface area contributed by atoms with Crippen molar-refractivity contribution in [3.63, 3.8) is 0 Å². The second kappa shape index (κ2) is 6.54. The number of halogens is 1. The van der Waals surface area contributed by atoms with E-state index >= 15 is 0 Å². The molecule has 1 fully saturated rings. The number of benzene rings is 1. The summed E-state index contributed by atoms with van der Waals surface area (Å²) in [5.41, 5.74) is 1.55. The molecule has 1 saturated heterocycles. The van der Waals surface area contributed by atoms with Crippen molar-refractivity contribution in [1.82, 2.24) is 15.4 Å². The van der Waals surface area contributed by atoms with E-state index in [0.29, 0.717) is 11.5 Å². The first-order valence-electron chi connectivity index (χ1n) is 7.76. The van der Waals surface area contributed by atoms with Crippen LogP contribution in [-0.4, -0.2) is 42.8 Å². The zero-order valence-corrected chi connectivity index (χ0v) is 12.4. The van der Waals surface area contributed by atoms with Crippen LogP contribution in [0, 0.1) is 5.82 Å². The van der Waals surface area contributed by atoms with Crippen LogP contribution in [0.5, 0.6) is 0 Å². The minimum atomic E-state index is -0.275. The Morgan fingerprint density at radius 3 is 2.95 bits per heavy atom. The molecule has 5 heteroatoms. The van der Waals surface area contributed by atoms with E-state index in [1.807, 2.05) is 0 Å². The number of aromatic nitrogens is 1. The second-order valence-electron chi connectivity index (χ2n) is 5.68. The van der Waals surface area contributed by atoms with Crippen LogP contribution in [0.2, 0.25) is 0 Å². The van der Waals surface area contributed by atoms with Gasteiger partial charge in [0.25, 0.3) is 0 Å². The maximum atomic E-state index is 13.2. The molecule has 0 unspecified atom stereocenters. The van der Waals surface area contributed by atoms with Crippen LogP contribution in [-0.2, 0) is 0 Å². The molecule has 0 spiro atoms. The number of nitrogens with one attached hydrogen (secondary N) is 1. The monoisotopic (exact) mass is 291 g/mol. The van der Waals surface area contributed by atoms with Crippen LogP contribution in [0.3, 0.4) is 0 Å². The first-order valence-corrected chi connectivity index (χ1v) is 7.76. The fraction of sp³-hybridized carbons (Fsp3) is 0.562. The number of rotatable bonds is 5. The molecule has 1 aliphatic rings. The van der Waals surface area contributed by atoms with E-state index in [1.54, 1.807) is 6.07 Å². The van der Waals surface area contributed by atoms with Gasteiger partial charge in [0.05, 0.1) is 5.69 Å². The number of likely N-dealkylation sites (N-methyl/N-ethyl adjacent to an activating group) is 1. The smallest absolute Gasteiger partial charge is 0.170 e. The zero-order valence-electron chi connectivity index (χ0n) is 12.4. The molecule has 2 aromatic rings. The summed E-state index contributed by atoms with van der Waals surface area (Å²) in [6, 6.07) is 4.68. The van der Waals surface area contributed by atoms with Gasteiger partial charge in [-0.2, -0.15) is 0 Å². The predicted molar refractivity (Wildman–Crippen MR) is 80.9 cm³/mol. The van der Waals surface area contributed by atoms with Crippen LogP contribution in [0.15, 0.2) is 22.7 Å². The lowest BCUT2D eigenvalue weighted by Gasteiger charge is -2.31. The fourth-order valence-corrected chi connectivity index (χ4v) is 3.07. The molecule has 0 aliphatic carbocycles. The summed E-state index contributed by atoms with van der Waals surface area (Å²) < 4.78 is 18.5. The molecular formula is C16H22FN3O. The van der Waals surface area contributed by atoms with Gasteiger partial charge < -0.3 is 14.7 Å². The Balaban J connectivity index is 1.63. The highest BCUT2D eigenvalue weighted by molar-refractivity contribution is 5.79. The van der Waals surface area contributed by atoms with Gasteiger partial charge in [-0.15, -0.1) is 0 Å². The molecular weight excluding hydrogens is 269 g/mol. The highest BCUT2D eigenvalue weighted by atomic mass is 19.1.